The van der Waals surface area contributed by atoms with Gasteiger partial charge < -0.3 is 14.5 Å². The van der Waals surface area contributed by atoms with E-state index in [-0.39, 0.29) is 17.8 Å². The topological polar surface area (TPSA) is 72.7 Å². The number of fused-ring (bicyclic) bond motifs is 1. The molecule has 3 rings (SSSR count). The number of amides is 1. The third-order valence-corrected chi connectivity index (χ3v) is 5.39. The van der Waals surface area contributed by atoms with Gasteiger partial charge in [-0.2, -0.15) is 0 Å². The normalized spacial score (nSPS) is 15.2. The average molecular weight is 386 g/mol. The standard InChI is InChI=1S/C22H31N3O3/c1-5-28-22(27)16-11-15(4)25-18(21(14(2)3)24-19(25)12-16)13-20(26)23-17-9-7-6-8-10-17/h11-12,14,17H,5-10,13H2,1-4H3,(H,23,26). The Labute approximate surface area is 166 Å². The lowest BCUT2D eigenvalue weighted by Gasteiger charge is -2.23. The minimum atomic E-state index is -0.348. The molecule has 6 nitrogen and oxygen atoms in total. The zero-order chi connectivity index (χ0) is 20.3. The second-order valence-electron chi connectivity index (χ2n) is 7.98. The predicted molar refractivity (Wildman–Crippen MR) is 109 cm³/mol. The SMILES string of the molecule is CCOC(=O)c1cc(C)n2c(CC(=O)NC3CCCCC3)c(C(C)C)nc2c1. The maximum absolute atomic E-state index is 12.7. The Bertz CT molecular complexity index is 864. The van der Waals surface area contributed by atoms with Crippen molar-refractivity contribution in [2.45, 2.75) is 78.2 Å². The Morgan fingerprint density at radius 2 is 1.96 bits per heavy atom. The van der Waals surface area contributed by atoms with Crippen LogP contribution in [-0.4, -0.2) is 33.9 Å². The Balaban J connectivity index is 1.92. The van der Waals surface area contributed by atoms with Gasteiger partial charge in [-0.25, -0.2) is 9.78 Å². The van der Waals surface area contributed by atoms with Gasteiger partial charge in [-0.05, 0) is 44.7 Å². The van der Waals surface area contributed by atoms with Crippen LogP contribution in [0.3, 0.4) is 0 Å². The van der Waals surface area contributed by atoms with Crippen molar-refractivity contribution in [1.29, 1.82) is 0 Å². The van der Waals surface area contributed by atoms with Crippen LogP contribution in [0.4, 0.5) is 0 Å². The first-order chi connectivity index (χ1) is 13.4. The van der Waals surface area contributed by atoms with E-state index in [1.165, 1.54) is 19.3 Å². The molecule has 0 aromatic carbocycles. The van der Waals surface area contributed by atoms with Crippen LogP contribution in [0.15, 0.2) is 12.1 Å². The van der Waals surface area contributed by atoms with Crippen LogP contribution in [0, 0.1) is 6.92 Å². The molecule has 1 aliphatic rings. The van der Waals surface area contributed by atoms with E-state index in [0.717, 1.165) is 29.9 Å². The quantitative estimate of drug-likeness (QED) is 0.765. The zero-order valence-corrected chi connectivity index (χ0v) is 17.4. The van der Waals surface area contributed by atoms with Gasteiger partial charge in [-0.1, -0.05) is 33.1 Å². The molecule has 2 aromatic heterocycles. The number of nitrogens with one attached hydrogen (secondary N) is 1. The molecule has 1 aliphatic carbocycles. The van der Waals surface area contributed by atoms with E-state index in [9.17, 15) is 9.59 Å². The third-order valence-electron chi connectivity index (χ3n) is 5.39. The molecule has 6 heteroatoms. The van der Waals surface area contributed by atoms with E-state index < -0.39 is 0 Å². The molecule has 2 aromatic rings. The first-order valence-corrected chi connectivity index (χ1v) is 10.4. The van der Waals surface area contributed by atoms with Crippen molar-refractivity contribution in [2.24, 2.45) is 0 Å². The summed E-state index contributed by atoms with van der Waals surface area (Å²) in [6.07, 6.45) is 6.07. The molecule has 1 N–H and O–H groups in total. The summed E-state index contributed by atoms with van der Waals surface area (Å²) in [5, 5.41) is 3.20. The monoisotopic (exact) mass is 385 g/mol. The van der Waals surface area contributed by atoms with Gasteiger partial charge in [0, 0.05) is 11.7 Å². The van der Waals surface area contributed by atoms with E-state index in [4.69, 9.17) is 9.72 Å². The van der Waals surface area contributed by atoms with Gasteiger partial charge >= 0.3 is 5.97 Å². The van der Waals surface area contributed by atoms with Gasteiger partial charge in [0.1, 0.15) is 5.65 Å². The lowest BCUT2D eigenvalue weighted by molar-refractivity contribution is -0.121. The van der Waals surface area contributed by atoms with E-state index in [0.29, 0.717) is 30.3 Å². The second kappa shape index (κ2) is 8.76. The summed E-state index contributed by atoms with van der Waals surface area (Å²) in [7, 11) is 0. The van der Waals surface area contributed by atoms with E-state index >= 15 is 0 Å². The van der Waals surface area contributed by atoms with Gasteiger partial charge in [0.15, 0.2) is 0 Å². The van der Waals surface area contributed by atoms with Crippen LogP contribution >= 0.6 is 0 Å². The lowest BCUT2D eigenvalue weighted by Crippen LogP contribution is -2.37. The molecule has 1 saturated carbocycles. The summed E-state index contributed by atoms with van der Waals surface area (Å²) < 4.78 is 7.12. The fraction of sp³-hybridized carbons (Fsp3) is 0.591. The lowest BCUT2D eigenvalue weighted by atomic mass is 9.95. The number of imidazole rings is 1. The molecule has 0 unspecified atom stereocenters. The van der Waals surface area contributed by atoms with E-state index in [2.05, 4.69) is 19.2 Å². The number of carbonyl (C=O) groups is 2. The summed E-state index contributed by atoms with van der Waals surface area (Å²) in [6, 6.07) is 3.85. The molecule has 0 radical (unpaired) electrons. The largest absolute Gasteiger partial charge is 0.462 e. The molecule has 0 aliphatic heterocycles. The number of aryl methyl sites for hydroxylation is 1. The number of esters is 1. The molecule has 0 bridgehead atoms. The van der Waals surface area contributed by atoms with Crippen molar-refractivity contribution in [2.75, 3.05) is 6.61 Å². The molecule has 28 heavy (non-hydrogen) atoms. The number of rotatable bonds is 6. The molecule has 1 amide bonds. The molecule has 0 spiro atoms. The highest BCUT2D eigenvalue weighted by molar-refractivity contribution is 5.91. The molecule has 152 valence electrons. The van der Waals surface area contributed by atoms with E-state index in [1.54, 1.807) is 19.1 Å². The van der Waals surface area contributed by atoms with Crippen molar-refractivity contribution in [1.82, 2.24) is 14.7 Å². The highest BCUT2D eigenvalue weighted by atomic mass is 16.5. The molecule has 1 fully saturated rings. The van der Waals surface area contributed by atoms with Crippen molar-refractivity contribution in [3.8, 4) is 0 Å². The van der Waals surface area contributed by atoms with Crippen LogP contribution in [0.25, 0.3) is 5.65 Å². The molecule has 0 atom stereocenters. The summed E-state index contributed by atoms with van der Waals surface area (Å²) >= 11 is 0. The number of hydrogen-bond donors (Lipinski definition) is 1. The van der Waals surface area contributed by atoms with Crippen molar-refractivity contribution in [3.05, 3.63) is 34.8 Å². The van der Waals surface area contributed by atoms with Gasteiger partial charge in [0.25, 0.3) is 0 Å². The number of aromatic nitrogens is 2. The number of hydrogen-bond acceptors (Lipinski definition) is 4. The summed E-state index contributed by atoms with van der Waals surface area (Å²) in [5.41, 5.74) is 3.87. The van der Waals surface area contributed by atoms with Gasteiger partial charge in [0.05, 0.1) is 30.0 Å². The Kier molecular flexibility index (Phi) is 6.37. The minimum Gasteiger partial charge on any atom is -0.462 e. The maximum Gasteiger partial charge on any atom is 0.338 e. The summed E-state index contributed by atoms with van der Waals surface area (Å²) in [4.78, 5) is 29.6. The van der Waals surface area contributed by atoms with E-state index in [1.807, 2.05) is 11.3 Å². The van der Waals surface area contributed by atoms with Gasteiger partial charge in [-0.3, -0.25) is 4.79 Å². The van der Waals surface area contributed by atoms with Gasteiger partial charge in [-0.15, -0.1) is 0 Å². The number of pyridine rings is 1. The van der Waals surface area contributed by atoms with Crippen LogP contribution in [0.1, 0.15) is 86.2 Å². The fourth-order valence-corrected chi connectivity index (χ4v) is 4.09. The zero-order valence-electron chi connectivity index (χ0n) is 17.4. The van der Waals surface area contributed by atoms with Crippen LogP contribution < -0.4 is 5.32 Å². The Hall–Kier alpha value is -2.37. The summed E-state index contributed by atoms with van der Waals surface area (Å²) in [5.74, 6) is -0.119. The number of nitrogens with zero attached hydrogens (tertiary/aromatic N) is 2. The van der Waals surface area contributed by atoms with Gasteiger partial charge in [0.2, 0.25) is 5.91 Å². The Morgan fingerprint density at radius 1 is 1.25 bits per heavy atom. The predicted octanol–water partition coefficient (Wildman–Crippen LogP) is 3.93. The number of carbonyl (C=O) groups excluding carboxylic acids is 2. The highest BCUT2D eigenvalue weighted by Crippen LogP contribution is 2.25. The maximum atomic E-state index is 12.7. The van der Waals surface area contributed by atoms with Crippen molar-refractivity contribution >= 4 is 17.5 Å². The number of ether oxygens (including phenoxy) is 1. The third kappa shape index (κ3) is 4.37. The minimum absolute atomic E-state index is 0.0458. The van der Waals surface area contributed by atoms with Crippen molar-refractivity contribution in [3.63, 3.8) is 0 Å². The highest BCUT2D eigenvalue weighted by Gasteiger charge is 2.22. The first kappa shape index (κ1) is 20.4. The molecular formula is C22H31N3O3. The molecular weight excluding hydrogens is 354 g/mol. The average Bonchev–Trinajstić information content (AvgIpc) is 3.01. The second-order valence-corrected chi connectivity index (χ2v) is 7.98. The summed E-state index contributed by atoms with van der Waals surface area (Å²) in [6.45, 7) is 8.21. The first-order valence-electron chi connectivity index (χ1n) is 10.4. The van der Waals surface area contributed by atoms with Crippen molar-refractivity contribution < 1.29 is 14.3 Å². The van der Waals surface area contributed by atoms with Crippen LogP contribution in [-0.2, 0) is 16.0 Å². The fourth-order valence-electron chi connectivity index (χ4n) is 4.09. The van der Waals surface area contributed by atoms with Crippen LogP contribution in [0.2, 0.25) is 0 Å². The van der Waals surface area contributed by atoms with Crippen LogP contribution in [0.5, 0.6) is 0 Å². The smallest absolute Gasteiger partial charge is 0.338 e. The Morgan fingerprint density at radius 3 is 2.61 bits per heavy atom. The molecule has 0 saturated heterocycles. The molecule has 2 heterocycles.